The Labute approximate surface area is 177 Å². The first kappa shape index (κ1) is 22.2. The van der Waals surface area contributed by atoms with E-state index in [0.29, 0.717) is 5.49 Å². The lowest BCUT2D eigenvalue weighted by Gasteiger charge is -2.18. The van der Waals surface area contributed by atoms with Gasteiger partial charge in [-0.1, -0.05) is 25.3 Å². The summed E-state index contributed by atoms with van der Waals surface area (Å²) in [6.07, 6.45) is 7.24. The average Bonchev–Trinajstić information content (AvgIpc) is 2.73. The maximum atomic E-state index is 13.3. The Bertz CT molecular complexity index is 1070. The number of carbonyl (C=O) groups excluding carboxylic acids is 1. The number of aromatic nitrogens is 1. The molecule has 0 bridgehead atoms. The topological polar surface area (TPSA) is 89.8 Å². The van der Waals surface area contributed by atoms with Gasteiger partial charge in [0.25, 0.3) is 5.91 Å². The van der Waals surface area contributed by atoms with Crippen LogP contribution in [0.25, 0.3) is 0 Å². The molecule has 0 saturated heterocycles. The van der Waals surface area contributed by atoms with Crippen LogP contribution in [0, 0.1) is 0 Å². The largest absolute Gasteiger partial charge is 0.495 e. The molecule has 0 atom stereocenters. The molecule has 162 valence electrons. The van der Waals surface area contributed by atoms with Crippen molar-refractivity contribution in [3.63, 3.8) is 0 Å². The van der Waals surface area contributed by atoms with Crippen LogP contribution in [0.1, 0.15) is 56.3 Å². The van der Waals surface area contributed by atoms with Crippen LogP contribution in [0.5, 0.6) is 5.75 Å². The fourth-order valence-electron chi connectivity index (χ4n) is 3.64. The highest BCUT2D eigenvalue weighted by molar-refractivity contribution is 7.89. The number of rotatable bonds is 6. The van der Waals surface area contributed by atoms with Crippen molar-refractivity contribution in [2.75, 3.05) is 7.11 Å². The molecule has 0 unspecified atom stereocenters. The van der Waals surface area contributed by atoms with Crippen molar-refractivity contribution in [3.8, 4) is 5.75 Å². The standard InChI is InChI=1S/C22H29N3O4S/c1-16(2)24-30(27,28)20-15-17(12-13-19(20)29-3)22(26)25-14-8-7-11-21(25)23-18-9-5-4-6-10-18/h7-8,11-16,18,24H,4-6,9-10H2,1-3H3. The first-order chi connectivity index (χ1) is 14.3. The summed E-state index contributed by atoms with van der Waals surface area (Å²) < 4.78 is 34.7. The van der Waals surface area contributed by atoms with Gasteiger partial charge in [0.1, 0.15) is 16.1 Å². The molecular weight excluding hydrogens is 402 g/mol. The summed E-state index contributed by atoms with van der Waals surface area (Å²) in [6.45, 7) is 3.47. The third-order valence-electron chi connectivity index (χ3n) is 5.04. The molecule has 2 aromatic rings. The van der Waals surface area contributed by atoms with Crippen LogP contribution in [0.4, 0.5) is 0 Å². The minimum atomic E-state index is -3.83. The van der Waals surface area contributed by atoms with Gasteiger partial charge in [0.15, 0.2) is 0 Å². The smallest absolute Gasteiger partial charge is 0.263 e. The Morgan fingerprint density at radius 1 is 1.17 bits per heavy atom. The van der Waals surface area contributed by atoms with Crippen molar-refractivity contribution in [3.05, 3.63) is 53.6 Å². The lowest BCUT2D eigenvalue weighted by Crippen LogP contribution is -2.31. The number of nitrogens with one attached hydrogen (secondary N) is 1. The molecule has 0 spiro atoms. The molecule has 8 heteroatoms. The minimum absolute atomic E-state index is 0.0631. The van der Waals surface area contributed by atoms with Gasteiger partial charge in [-0.3, -0.25) is 14.4 Å². The highest BCUT2D eigenvalue weighted by Crippen LogP contribution is 2.25. The van der Waals surface area contributed by atoms with Crippen LogP contribution in [0.15, 0.2) is 52.5 Å². The molecule has 0 radical (unpaired) electrons. The molecule has 0 aliphatic heterocycles. The van der Waals surface area contributed by atoms with Crippen molar-refractivity contribution >= 4 is 15.9 Å². The molecule has 1 N–H and O–H groups in total. The Balaban J connectivity index is 2.02. The van der Waals surface area contributed by atoms with E-state index >= 15 is 0 Å². The van der Waals surface area contributed by atoms with E-state index in [-0.39, 0.29) is 34.2 Å². The van der Waals surface area contributed by atoms with E-state index in [4.69, 9.17) is 9.73 Å². The molecule has 7 nitrogen and oxygen atoms in total. The van der Waals surface area contributed by atoms with Gasteiger partial charge in [-0.25, -0.2) is 13.1 Å². The number of pyridine rings is 1. The lowest BCUT2D eigenvalue weighted by molar-refractivity contribution is 0.0954. The zero-order chi connectivity index (χ0) is 21.7. The average molecular weight is 432 g/mol. The van der Waals surface area contributed by atoms with E-state index in [1.807, 2.05) is 12.1 Å². The van der Waals surface area contributed by atoms with Crippen LogP contribution in [0.3, 0.4) is 0 Å². The maximum absolute atomic E-state index is 13.3. The molecule has 0 amide bonds. The number of ether oxygens (including phenoxy) is 1. The molecular formula is C22H29N3O4S. The first-order valence-corrected chi connectivity index (χ1v) is 11.8. The Kier molecular flexibility index (Phi) is 7.10. The van der Waals surface area contributed by atoms with Gasteiger partial charge in [-0.2, -0.15) is 0 Å². The summed E-state index contributed by atoms with van der Waals surface area (Å²) in [7, 11) is -2.43. The molecule has 1 aliphatic carbocycles. The fraction of sp³-hybridized carbons (Fsp3) is 0.455. The zero-order valence-electron chi connectivity index (χ0n) is 17.7. The molecule has 30 heavy (non-hydrogen) atoms. The molecule has 1 aromatic carbocycles. The summed E-state index contributed by atoms with van der Waals surface area (Å²) in [6, 6.07) is 9.78. The van der Waals surface area contributed by atoms with Gasteiger partial charge >= 0.3 is 0 Å². The van der Waals surface area contributed by atoms with Gasteiger partial charge in [0.2, 0.25) is 10.0 Å². The van der Waals surface area contributed by atoms with Crippen LogP contribution < -0.4 is 14.9 Å². The third-order valence-corrected chi connectivity index (χ3v) is 6.72. The van der Waals surface area contributed by atoms with Crippen LogP contribution in [0.2, 0.25) is 0 Å². The van der Waals surface area contributed by atoms with Crippen LogP contribution in [-0.2, 0) is 10.0 Å². The van der Waals surface area contributed by atoms with Gasteiger partial charge < -0.3 is 4.74 Å². The highest BCUT2D eigenvalue weighted by atomic mass is 32.2. The van der Waals surface area contributed by atoms with Gasteiger partial charge in [0, 0.05) is 17.8 Å². The molecule has 1 fully saturated rings. The van der Waals surface area contributed by atoms with Crippen LogP contribution in [-0.4, -0.2) is 38.1 Å². The molecule has 3 rings (SSSR count). The van der Waals surface area contributed by atoms with E-state index in [1.165, 1.54) is 30.2 Å². The Morgan fingerprint density at radius 2 is 1.90 bits per heavy atom. The van der Waals surface area contributed by atoms with Crippen molar-refractivity contribution in [2.45, 2.75) is 62.9 Å². The van der Waals surface area contributed by atoms with Crippen molar-refractivity contribution in [1.29, 1.82) is 0 Å². The molecule has 1 saturated carbocycles. The van der Waals surface area contributed by atoms with E-state index in [9.17, 15) is 13.2 Å². The lowest BCUT2D eigenvalue weighted by atomic mass is 9.96. The third kappa shape index (κ3) is 5.17. The van der Waals surface area contributed by atoms with Crippen molar-refractivity contribution in [2.24, 2.45) is 4.99 Å². The van der Waals surface area contributed by atoms with Crippen molar-refractivity contribution < 1.29 is 17.9 Å². The van der Waals surface area contributed by atoms with Crippen molar-refractivity contribution in [1.82, 2.24) is 9.29 Å². The van der Waals surface area contributed by atoms with E-state index < -0.39 is 10.0 Å². The highest BCUT2D eigenvalue weighted by Gasteiger charge is 2.23. The van der Waals surface area contributed by atoms with Gasteiger partial charge in [0.05, 0.1) is 13.2 Å². The quantitative estimate of drug-likeness (QED) is 0.761. The van der Waals surface area contributed by atoms with E-state index in [1.54, 1.807) is 32.2 Å². The second-order valence-electron chi connectivity index (χ2n) is 7.80. The zero-order valence-corrected chi connectivity index (χ0v) is 18.5. The van der Waals surface area contributed by atoms with E-state index in [0.717, 1.165) is 25.7 Å². The predicted molar refractivity (Wildman–Crippen MR) is 115 cm³/mol. The predicted octanol–water partition coefficient (Wildman–Crippen LogP) is 3.11. The van der Waals surface area contributed by atoms with Gasteiger partial charge in [-0.15, -0.1) is 0 Å². The Morgan fingerprint density at radius 3 is 2.57 bits per heavy atom. The summed E-state index contributed by atoms with van der Waals surface area (Å²) >= 11 is 0. The number of hydrogen-bond donors (Lipinski definition) is 1. The summed E-state index contributed by atoms with van der Waals surface area (Å²) in [5.74, 6) is -0.154. The molecule has 1 heterocycles. The molecule has 1 aromatic heterocycles. The minimum Gasteiger partial charge on any atom is -0.495 e. The number of carbonyl (C=O) groups is 1. The number of sulfonamides is 1. The van der Waals surface area contributed by atoms with Crippen LogP contribution >= 0.6 is 0 Å². The fourth-order valence-corrected chi connectivity index (χ4v) is 5.09. The normalized spacial score (nSPS) is 16.1. The second kappa shape index (κ2) is 9.57. The van der Waals surface area contributed by atoms with Gasteiger partial charge in [-0.05, 0) is 57.0 Å². The van der Waals surface area contributed by atoms with E-state index in [2.05, 4.69) is 4.72 Å². The molecule has 1 aliphatic rings. The summed E-state index contributed by atoms with van der Waals surface area (Å²) in [5, 5.41) is 0. The number of hydrogen-bond acceptors (Lipinski definition) is 5. The summed E-state index contributed by atoms with van der Waals surface area (Å²) in [4.78, 5) is 18.0. The summed E-state index contributed by atoms with van der Waals surface area (Å²) in [5.41, 5.74) is 0.825. The number of methoxy groups -OCH3 is 1. The monoisotopic (exact) mass is 431 g/mol. The number of nitrogens with zero attached hydrogens (tertiary/aromatic N) is 2. The first-order valence-electron chi connectivity index (χ1n) is 10.3. The SMILES string of the molecule is COc1ccc(C(=O)n2ccccc2=NC2CCCCC2)cc1S(=O)(=O)NC(C)C. The second-order valence-corrected chi connectivity index (χ2v) is 9.48. The Hall–Kier alpha value is -2.45. The number of benzene rings is 1. The maximum Gasteiger partial charge on any atom is 0.263 e.